The third-order valence-corrected chi connectivity index (χ3v) is 20.1. The molecule has 24 nitrogen and oxygen atoms in total. The predicted octanol–water partition coefficient (Wildman–Crippen LogP) is 10.9. The summed E-state index contributed by atoms with van der Waals surface area (Å²) in [4.78, 5) is 50.9. The summed E-state index contributed by atoms with van der Waals surface area (Å²) in [6, 6.07) is 0. The number of carbonyl (C=O) groups is 3. The number of unbranched alkanes of at least 4 members (excludes halogenated alkanes) is 38. The first-order valence-corrected chi connectivity index (χ1v) is 40.2. The molecule has 0 aromatic rings. The van der Waals surface area contributed by atoms with Crippen LogP contribution in [0.5, 0.6) is 0 Å². The van der Waals surface area contributed by atoms with Crippen molar-refractivity contribution >= 4 is 25.7 Å². The molecule has 2 saturated heterocycles. The third-order valence-electron chi connectivity index (χ3n) is 19.1. The summed E-state index contributed by atoms with van der Waals surface area (Å²) in [6.07, 6.45) is 17.3. The lowest BCUT2D eigenvalue weighted by atomic mass is 9.84. The van der Waals surface area contributed by atoms with Gasteiger partial charge >= 0.3 is 25.7 Å². The van der Waals surface area contributed by atoms with Gasteiger partial charge in [0, 0.05) is 18.9 Å². The zero-order valence-corrected chi connectivity index (χ0v) is 61.4. The molecule has 0 aromatic heterocycles. The Morgan fingerprint density at radius 2 is 0.778 bits per heavy atom. The van der Waals surface area contributed by atoms with Crippen LogP contribution in [-0.4, -0.2) is 204 Å². The van der Waals surface area contributed by atoms with Gasteiger partial charge in [0.15, 0.2) is 18.7 Å². The summed E-state index contributed by atoms with van der Waals surface area (Å²) in [5.41, 5.74) is 0. The molecule has 18 atom stereocenters. The molecule has 3 aliphatic rings. The lowest BCUT2D eigenvalue weighted by Gasteiger charge is -2.49. The van der Waals surface area contributed by atoms with E-state index in [9.17, 15) is 74.9 Å². The summed E-state index contributed by atoms with van der Waals surface area (Å²) in [5.74, 6) is -2.21. The highest BCUT2D eigenvalue weighted by atomic mass is 31.2. The number of aliphatic hydroxyl groups is 10. The number of ether oxygens (including phenoxy) is 7. The molecule has 0 radical (unpaired) electrons. The average molecular weight is 1440 g/mol. The van der Waals surface area contributed by atoms with E-state index in [1.807, 2.05) is 6.08 Å². The van der Waals surface area contributed by atoms with Crippen molar-refractivity contribution in [2.24, 2.45) is 0 Å². The number of esters is 3. The first-order chi connectivity index (χ1) is 47.8. The fourth-order valence-corrected chi connectivity index (χ4v) is 13.8. The second-order valence-corrected chi connectivity index (χ2v) is 29.2. The topological polar surface area (TPSA) is 374 Å². The Morgan fingerprint density at radius 1 is 0.414 bits per heavy atom. The molecule has 11 N–H and O–H groups in total. The van der Waals surface area contributed by atoms with Crippen molar-refractivity contribution in [3.05, 3.63) is 24.3 Å². The standard InChI is InChI=1S/C74H135O24P/c1-4-7-10-13-16-19-22-25-27-29-32-33-36-39-42-45-48-58(76)90-52-55(93-60(78)50-47-44-41-38-35-30-24-21-18-15-12-9-6-3)53-92-99(88,89)98-72-70(96-73-68(86)63(81)61(79)56(51-75)94-73)66(84)65(83)67(85)71(72)97-74-69(87)64(82)62(80)57(95-74)54-91-59(77)49-46-43-40-37-34-31-28-26-23-20-17-14-11-8-5-2/h40,43,46,49,55-57,61-75,79-87H,4-39,41-42,44-45,47-48,50-54H2,1-3H3,(H,88,89)/b43-40+,49-46+. The molecule has 0 amide bonds. The molecule has 2 heterocycles. The van der Waals surface area contributed by atoms with Crippen LogP contribution in [0.15, 0.2) is 24.3 Å². The number of phosphoric acid groups is 1. The van der Waals surface area contributed by atoms with E-state index in [1.165, 1.54) is 173 Å². The van der Waals surface area contributed by atoms with Crippen LogP contribution in [0.4, 0.5) is 0 Å². The normalized spacial score (nSPS) is 27.6. The van der Waals surface area contributed by atoms with E-state index < -0.39 is 156 Å². The second-order valence-electron chi connectivity index (χ2n) is 27.8. The lowest BCUT2D eigenvalue weighted by molar-refractivity contribution is -0.360. The van der Waals surface area contributed by atoms with Crippen molar-refractivity contribution in [3.63, 3.8) is 0 Å². The summed E-state index contributed by atoms with van der Waals surface area (Å²) in [7, 11) is -5.70. The van der Waals surface area contributed by atoms with Gasteiger partial charge in [0.25, 0.3) is 0 Å². The van der Waals surface area contributed by atoms with Crippen molar-refractivity contribution in [3.8, 4) is 0 Å². The molecule has 25 heteroatoms. The number of rotatable bonds is 60. The van der Waals surface area contributed by atoms with E-state index in [0.29, 0.717) is 12.8 Å². The summed E-state index contributed by atoms with van der Waals surface area (Å²) >= 11 is 0. The molecule has 1 saturated carbocycles. The Kier molecular flexibility index (Phi) is 51.2. The number of hydrogen-bond donors (Lipinski definition) is 11. The molecule has 18 unspecified atom stereocenters. The zero-order chi connectivity index (χ0) is 72.5. The molecule has 580 valence electrons. The Hall–Kier alpha value is -2.56. The molecule has 0 spiro atoms. The molecular weight excluding hydrogens is 1300 g/mol. The van der Waals surface area contributed by atoms with E-state index in [1.54, 1.807) is 6.08 Å². The smallest absolute Gasteiger partial charge is 0.462 e. The minimum absolute atomic E-state index is 0.0385. The summed E-state index contributed by atoms with van der Waals surface area (Å²) < 4.78 is 64.9. The van der Waals surface area contributed by atoms with Crippen LogP contribution in [0.3, 0.4) is 0 Å². The van der Waals surface area contributed by atoms with E-state index in [-0.39, 0.29) is 12.8 Å². The van der Waals surface area contributed by atoms with Gasteiger partial charge in [-0.2, -0.15) is 0 Å². The van der Waals surface area contributed by atoms with Gasteiger partial charge in [-0.15, -0.1) is 0 Å². The molecule has 3 fully saturated rings. The van der Waals surface area contributed by atoms with Crippen LogP contribution in [0.25, 0.3) is 0 Å². The highest BCUT2D eigenvalue weighted by molar-refractivity contribution is 7.47. The van der Waals surface area contributed by atoms with E-state index >= 15 is 0 Å². The SMILES string of the molecule is CCCCCCCCCCCCC/C=C/C=C/C(=O)OCC1OC(OC2C(O)C(O)C(O)C(OC3OC(CO)C(O)C(O)C3O)C2OP(=O)(O)OCC(COC(=O)CCCCCCCCCCCCCCCCCC)OC(=O)CCCCCCCCCCCCCCC)C(O)C(O)C1O. The molecular formula is C74H135O24P. The predicted molar refractivity (Wildman–Crippen MR) is 374 cm³/mol. The number of phosphoric ester groups is 1. The van der Waals surface area contributed by atoms with Gasteiger partial charge in [-0.3, -0.25) is 18.6 Å². The van der Waals surface area contributed by atoms with Gasteiger partial charge in [-0.05, 0) is 25.7 Å². The monoisotopic (exact) mass is 1440 g/mol. The van der Waals surface area contributed by atoms with Crippen LogP contribution in [0.1, 0.15) is 297 Å². The summed E-state index contributed by atoms with van der Waals surface area (Å²) in [5, 5.41) is 110. The van der Waals surface area contributed by atoms with Crippen LogP contribution in [-0.2, 0) is 61.2 Å². The van der Waals surface area contributed by atoms with Crippen molar-refractivity contribution in [1.82, 2.24) is 0 Å². The first-order valence-electron chi connectivity index (χ1n) is 38.7. The van der Waals surface area contributed by atoms with Crippen molar-refractivity contribution < 1.29 is 117 Å². The van der Waals surface area contributed by atoms with Crippen molar-refractivity contribution in [2.75, 3.05) is 26.4 Å². The number of carbonyl (C=O) groups excluding carboxylic acids is 3. The van der Waals surface area contributed by atoms with Gasteiger partial charge in [0.1, 0.15) is 98.7 Å². The molecule has 0 bridgehead atoms. The maximum Gasteiger partial charge on any atom is 0.472 e. The van der Waals surface area contributed by atoms with Crippen molar-refractivity contribution in [1.29, 1.82) is 0 Å². The van der Waals surface area contributed by atoms with E-state index in [4.69, 9.17) is 42.2 Å². The van der Waals surface area contributed by atoms with Gasteiger partial charge in [-0.1, -0.05) is 277 Å². The molecule has 3 rings (SSSR count). The highest BCUT2D eigenvalue weighted by Gasteiger charge is 2.58. The highest BCUT2D eigenvalue weighted by Crippen LogP contribution is 2.49. The number of aliphatic hydroxyl groups excluding tert-OH is 10. The van der Waals surface area contributed by atoms with Gasteiger partial charge in [0.05, 0.1) is 13.2 Å². The lowest BCUT2D eigenvalue weighted by Crippen LogP contribution is -2.69. The van der Waals surface area contributed by atoms with Crippen molar-refractivity contribution in [2.45, 2.75) is 401 Å². The Balaban J connectivity index is 1.73. The van der Waals surface area contributed by atoms with Crippen LogP contribution in [0, 0.1) is 0 Å². The van der Waals surface area contributed by atoms with E-state index in [2.05, 4.69) is 20.8 Å². The molecule has 0 aromatic carbocycles. The van der Waals surface area contributed by atoms with Crippen LogP contribution in [0.2, 0.25) is 0 Å². The average Bonchev–Trinajstić information content (AvgIpc) is 0.763. The maximum atomic E-state index is 14.3. The maximum absolute atomic E-state index is 14.3. The Labute approximate surface area is 592 Å². The fourth-order valence-electron chi connectivity index (χ4n) is 12.8. The minimum Gasteiger partial charge on any atom is -0.462 e. The number of hydrogen-bond acceptors (Lipinski definition) is 23. The Morgan fingerprint density at radius 3 is 1.19 bits per heavy atom. The van der Waals surface area contributed by atoms with Gasteiger partial charge < -0.3 is 89.1 Å². The summed E-state index contributed by atoms with van der Waals surface area (Å²) in [6.45, 7) is 3.38. The van der Waals surface area contributed by atoms with Gasteiger partial charge in [-0.25, -0.2) is 9.36 Å². The minimum atomic E-state index is -5.70. The quantitative estimate of drug-likeness (QED) is 0.00673. The second kappa shape index (κ2) is 55.9. The van der Waals surface area contributed by atoms with Crippen LogP contribution < -0.4 is 0 Å². The van der Waals surface area contributed by atoms with Gasteiger partial charge in [0.2, 0.25) is 0 Å². The first kappa shape index (κ1) is 90.7. The molecule has 99 heavy (non-hydrogen) atoms. The third kappa shape index (κ3) is 38.9. The van der Waals surface area contributed by atoms with E-state index in [0.717, 1.165) is 89.5 Å². The zero-order valence-electron chi connectivity index (χ0n) is 60.5. The molecule has 1 aliphatic carbocycles. The number of allylic oxidation sites excluding steroid dienone is 3. The Bertz CT molecular complexity index is 2140. The van der Waals surface area contributed by atoms with Crippen LogP contribution >= 0.6 is 7.82 Å². The largest absolute Gasteiger partial charge is 0.472 e. The fraction of sp³-hybridized carbons (Fsp3) is 0.905. The molecule has 2 aliphatic heterocycles.